The van der Waals surface area contributed by atoms with Gasteiger partial charge < -0.3 is 14.5 Å². The van der Waals surface area contributed by atoms with Crippen molar-refractivity contribution in [2.45, 2.75) is 38.0 Å². The van der Waals surface area contributed by atoms with Gasteiger partial charge in [0, 0.05) is 13.1 Å². The molecule has 164 valence electrons. The summed E-state index contributed by atoms with van der Waals surface area (Å²) in [5.74, 6) is -0.183. The van der Waals surface area contributed by atoms with Crippen molar-refractivity contribution in [3.05, 3.63) is 54.0 Å². The van der Waals surface area contributed by atoms with Gasteiger partial charge in [-0.25, -0.2) is 8.42 Å². The Morgan fingerprint density at radius 2 is 1.97 bits per heavy atom. The molecule has 1 amide bonds. The third kappa shape index (κ3) is 7.84. The van der Waals surface area contributed by atoms with E-state index in [1.807, 2.05) is 12.1 Å². The molecule has 0 unspecified atom stereocenters. The normalized spacial score (nSPS) is 15.1. The summed E-state index contributed by atoms with van der Waals surface area (Å²) in [7, 11) is -3.55. The zero-order chi connectivity index (χ0) is 21.2. The molecule has 7 nitrogen and oxygen atoms in total. The van der Waals surface area contributed by atoms with Crippen molar-refractivity contribution in [3.8, 4) is 5.75 Å². The Balaban J connectivity index is 1.33. The molecule has 8 heteroatoms. The lowest BCUT2D eigenvalue weighted by molar-refractivity contribution is -0.118. The van der Waals surface area contributed by atoms with Gasteiger partial charge in [-0.15, -0.1) is 0 Å². The van der Waals surface area contributed by atoms with Crippen LogP contribution in [0.5, 0.6) is 5.75 Å². The molecular formula is C22H30N2O5S. The molecule has 1 aromatic carbocycles. The maximum absolute atomic E-state index is 12.0. The Bertz CT molecular complexity index is 890. The van der Waals surface area contributed by atoms with Crippen molar-refractivity contribution in [1.29, 1.82) is 0 Å². The van der Waals surface area contributed by atoms with Gasteiger partial charge in [-0.3, -0.25) is 9.69 Å². The van der Waals surface area contributed by atoms with Crippen LogP contribution in [0.15, 0.2) is 47.1 Å². The zero-order valence-electron chi connectivity index (χ0n) is 17.2. The second kappa shape index (κ2) is 11.2. The topological polar surface area (TPSA) is 88.8 Å². The zero-order valence-corrected chi connectivity index (χ0v) is 18.0. The molecule has 1 saturated heterocycles. The molecule has 1 aromatic heterocycles. The number of benzene rings is 1. The average Bonchev–Trinajstić information content (AvgIpc) is 3.20. The summed E-state index contributed by atoms with van der Waals surface area (Å²) < 4.78 is 34.8. The molecule has 0 aliphatic carbocycles. The van der Waals surface area contributed by atoms with Crippen molar-refractivity contribution in [1.82, 2.24) is 10.2 Å². The van der Waals surface area contributed by atoms with E-state index in [4.69, 9.17) is 9.15 Å². The van der Waals surface area contributed by atoms with E-state index in [9.17, 15) is 13.2 Å². The highest BCUT2D eigenvalue weighted by atomic mass is 32.2. The highest BCUT2D eigenvalue weighted by Gasteiger charge is 2.18. The maximum Gasteiger partial charge on any atom is 0.235 e. The Hall–Kier alpha value is -2.32. The van der Waals surface area contributed by atoms with Crippen LogP contribution in [0, 0.1) is 0 Å². The van der Waals surface area contributed by atoms with Crippen LogP contribution < -0.4 is 10.1 Å². The van der Waals surface area contributed by atoms with Gasteiger partial charge in [0.1, 0.15) is 23.0 Å². The van der Waals surface area contributed by atoms with E-state index >= 15 is 0 Å². The number of rotatable bonds is 11. The number of ether oxygens (including phenoxy) is 1. The number of nitrogens with zero attached hydrogens (tertiary/aromatic N) is 1. The number of nitrogens with one attached hydrogen (secondary N) is 1. The van der Waals surface area contributed by atoms with E-state index in [0.717, 1.165) is 25.4 Å². The lowest BCUT2D eigenvalue weighted by atomic mass is 10.1. The molecule has 0 spiro atoms. The first kappa shape index (κ1) is 22.4. The Kier molecular flexibility index (Phi) is 8.33. The van der Waals surface area contributed by atoms with E-state index in [1.54, 1.807) is 12.1 Å². The number of hydrogen-bond donors (Lipinski definition) is 1. The summed E-state index contributed by atoms with van der Waals surface area (Å²) in [5, 5.41) is 2.63. The van der Waals surface area contributed by atoms with Gasteiger partial charge in [-0.2, -0.15) is 0 Å². The van der Waals surface area contributed by atoms with E-state index in [-0.39, 0.29) is 5.75 Å². The fourth-order valence-corrected chi connectivity index (χ4v) is 4.71. The minimum Gasteiger partial charge on any atom is -0.494 e. The van der Waals surface area contributed by atoms with Crippen molar-refractivity contribution < 1.29 is 22.4 Å². The Morgan fingerprint density at radius 3 is 2.73 bits per heavy atom. The number of piperidine rings is 1. The molecule has 3 rings (SSSR count). The summed E-state index contributed by atoms with van der Waals surface area (Å²) in [5.41, 5.74) is 1.24. The molecule has 1 fully saturated rings. The molecular weight excluding hydrogens is 404 g/mol. The predicted molar refractivity (Wildman–Crippen MR) is 115 cm³/mol. The molecule has 2 heterocycles. The third-order valence-corrected chi connectivity index (χ3v) is 6.38. The predicted octanol–water partition coefficient (Wildman–Crippen LogP) is 2.77. The lowest BCUT2D eigenvalue weighted by Crippen LogP contribution is -2.32. The number of likely N-dealkylation sites (tertiary alicyclic amines) is 1. The number of hydrogen-bond acceptors (Lipinski definition) is 6. The molecule has 0 bridgehead atoms. The number of carbonyl (C=O) groups is 1. The van der Waals surface area contributed by atoms with Crippen molar-refractivity contribution in [2.24, 2.45) is 0 Å². The highest BCUT2D eigenvalue weighted by molar-refractivity contribution is 7.91. The first-order valence-electron chi connectivity index (χ1n) is 10.4. The van der Waals surface area contributed by atoms with Crippen molar-refractivity contribution >= 4 is 15.7 Å². The summed E-state index contributed by atoms with van der Waals surface area (Å²) in [4.78, 5) is 14.4. The van der Waals surface area contributed by atoms with Crippen LogP contribution in [0.25, 0.3) is 0 Å². The molecule has 1 N–H and O–H groups in total. The molecule has 1 aliphatic rings. The van der Waals surface area contributed by atoms with Gasteiger partial charge in [-0.05, 0) is 62.2 Å². The first-order valence-corrected chi connectivity index (χ1v) is 12.3. The standard InChI is InChI=1S/C22H30N2O5S/c25-22(18-30(26,27)17-21-9-5-13-29-21)23-10-6-14-28-20-8-4-7-19(15-20)16-24-11-2-1-3-12-24/h4-5,7-9,13,15H,1-3,6,10-12,14,16-18H2,(H,23,25). The van der Waals surface area contributed by atoms with Crippen LogP contribution in [0.3, 0.4) is 0 Å². The van der Waals surface area contributed by atoms with Gasteiger partial charge in [-0.1, -0.05) is 18.6 Å². The van der Waals surface area contributed by atoms with Gasteiger partial charge in [0.15, 0.2) is 9.84 Å². The van der Waals surface area contributed by atoms with Crippen molar-refractivity contribution in [2.75, 3.05) is 32.0 Å². The number of carbonyl (C=O) groups excluding carboxylic acids is 1. The quantitative estimate of drug-likeness (QED) is 0.547. The third-order valence-electron chi connectivity index (χ3n) is 4.96. The van der Waals surface area contributed by atoms with Gasteiger partial charge >= 0.3 is 0 Å². The van der Waals surface area contributed by atoms with Crippen LogP contribution in [-0.2, 0) is 26.9 Å². The van der Waals surface area contributed by atoms with Gasteiger partial charge in [0.05, 0.1) is 12.9 Å². The minimum atomic E-state index is -3.55. The molecule has 0 saturated carbocycles. The number of amides is 1. The molecule has 2 aromatic rings. The summed E-state index contributed by atoms with van der Waals surface area (Å²) >= 11 is 0. The lowest BCUT2D eigenvalue weighted by Gasteiger charge is -2.26. The van der Waals surface area contributed by atoms with Crippen LogP contribution in [-0.4, -0.2) is 51.2 Å². The average molecular weight is 435 g/mol. The first-order chi connectivity index (χ1) is 14.5. The SMILES string of the molecule is O=C(CS(=O)(=O)Cc1ccco1)NCCCOc1cccc(CN2CCCCC2)c1. The van der Waals surface area contributed by atoms with Crippen LogP contribution in [0.1, 0.15) is 37.0 Å². The fraction of sp³-hybridized carbons (Fsp3) is 0.500. The van der Waals surface area contributed by atoms with E-state index in [2.05, 4.69) is 22.3 Å². The molecule has 0 radical (unpaired) electrons. The Morgan fingerprint density at radius 1 is 1.13 bits per heavy atom. The van der Waals surface area contributed by atoms with E-state index < -0.39 is 21.5 Å². The minimum absolute atomic E-state index is 0.274. The molecule has 1 aliphatic heterocycles. The maximum atomic E-state index is 12.0. The van der Waals surface area contributed by atoms with Crippen molar-refractivity contribution in [3.63, 3.8) is 0 Å². The fourth-order valence-electron chi connectivity index (χ4n) is 3.51. The summed E-state index contributed by atoms with van der Waals surface area (Å²) in [6.07, 6.45) is 5.87. The Labute approximate surface area is 178 Å². The van der Waals surface area contributed by atoms with Crippen LogP contribution >= 0.6 is 0 Å². The summed E-state index contributed by atoms with van der Waals surface area (Å²) in [6, 6.07) is 11.3. The second-order valence-corrected chi connectivity index (χ2v) is 9.71. The smallest absolute Gasteiger partial charge is 0.235 e. The number of furan rings is 1. The number of sulfone groups is 1. The highest BCUT2D eigenvalue weighted by Crippen LogP contribution is 2.17. The van der Waals surface area contributed by atoms with Gasteiger partial charge in [0.25, 0.3) is 0 Å². The van der Waals surface area contributed by atoms with E-state index in [0.29, 0.717) is 25.3 Å². The largest absolute Gasteiger partial charge is 0.494 e. The van der Waals surface area contributed by atoms with Gasteiger partial charge in [0.2, 0.25) is 5.91 Å². The molecule has 30 heavy (non-hydrogen) atoms. The van der Waals surface area contributed by atoms with E-state index in [1.165, 1.54) is 31.1 Å². The molecule has 0 atom stereocenters. The monoisotopic (exact) mass is 434 g/mol. The summed E-state index contributed by atoms with van der Waals surface area (Å²) in [6.45, 7) is 4.07. The second-order valence-electron chi connectivity index (χ2n) is 7.65. The van der Waals surface area contributed by atoms with Crippen LogP contribution in [0.4, 0.5) is 0 Å². The van der Waals surface area contributed by atoms with Crippen LogP contribution in [0.2, 0.25) is 0 Å².